The van der Waals surface area contributed by atoms with Crippen molar-refractivity contribution in [2.24, 2.45) is 0 Å². The number of benzene rings is 1. The number of aliphatic hydroxyl groups excluding tert-OH is 1. The predicted molar refractivity (Wildman–Crippen MR) is 111 cm³/mol. The summed E-state index contributed by atoms with van der Waals surface area (Å²) < 4.78 is 43.0. The molecule has 0 fully saturated rings. The van der Waals surface area contributed by atoms with Crippen molar-refractivity contribution in [1.82, 2.24) is 4.98 Å². The van der Waals surface area contributed by atoms with Gasteiger partial charge in [-0.1, -0.05) is 24.8 Å². The van der Waals surface area contributed by atoms with E-state index in [1.54, 1.807) is 36.7 Å². The molecular formula is C23H18F3NOS. The molecule has 6 heteroatoms. The summed E-state index contributed by atoms with van der Waals surface area (Å²) in [4.78, 5) is 4.42. The van der Waals surface area contributed by atoms with Crippen molar-refractivity contribution in [3.05, 3.63) is 106 Å². The van der Waals surface area contributed by atoms with Crippen LogP contribution in [0.4, 0.5) is 13.2 Å². The third kappa shape index (κ3) is 4.23. The van der Waals surface area contributed by atoms with Gasteiger partial charge in [0.15, 0.2) is 0 Å². The van der Waals surface area contributed by atoms with Crippen LogP contribution in [0.3, 0.4) is 0 Å². The number of allylic oxidation sites excluding steroid dienone is 5. The molecule has 0 saturated heterocycles. The fourth-order valence-electron chi connectivity index (χ4n) is 3.03. The van der Waals surface area contributed by atoms with Crippen LogP contribution in [0.2, 0.25) is 0 Å². The third-order valence-corrected chi connectivity index (χ3v) is 5.41. The minimum absolute atomic E-state index is 0.00555. The lowest BCUT2D eigenvalue weighted by atomic mass is 9.92. The van der Waals surface area contributed by atoms with Gasteiger partial charge in [0.05, 0.1) is 0 Å². The molecule has 0 radical (unpaired) electrons. The van der Waals surface area contributed by atoms with Crippen LogP contribution < -0.4 is 0 Å². The smallest absolute Gasteiger partial charge is 0.131 e. The second-order valence-electron chi connectivity index (χ2n) is 6.16. The summed E-state index contributed by atoms with van der Waals surface area (Å²) in [5, 5.41) is 12.7. The molecule has 1 aromatic carbocycles. The van der Waals surface area contributed by atoms with E-state index in [0.717, 1.165) is 29.5 Å². The highest BCUT2D eigenvalue weighted by Crippen LogP contribution is 2.44. The minimum Gasteiger partial charge on any atom is -0.384 e. The van der Waals surface area contributed by atoms with E-state index < -0.39 is 23.6 Å². The first-order valence-corrected chi connectivity index (χ1v) is 9.66. The fourth-order valence-corrected chi connectivity index (χ4v) is 4.22. The van der Waals surface area contributed by atoms with Gasteiger partial charge in [0.25, 0.3) is 0 Å². The Morgan fingerprint density at radius 2 is 2.03 bits per heavy atom. The molecule has 0 aliphatic carbocycles. The quantitative estimate of drug-likeness (QED) is 0.461. The van der Waals surface area contributed by atoms with Gasteiger partial charge in [0.1, 0.15) is 23.6 Å². The summed E-state index contributed by atoms with van der Waals surface area (Å²) in [6.45, 7) is 5.16. The number of aromatic nitrogens is 1. The Morgan fingerprint density at radius 1 is 1.24 bits per heavy atom. The monoisotopic (exact) mass is 413 g/mol. The van der Waals surface area contributed by atoms with Gasteiger partial charge in [0, 0.05) is 45.1 Å². The Hall–Kier alpha value is -2.96. The molecule has 29 heavy (non-hydrogen) atoms. The van der Waals surface area contributed by atoms with E-state index in [2.05, 4.69) is 11.6 Å². The molecule has 2 heterocycles. The number of rotatable bonds is 6. The molecule has 3 aromatic rings. The molecule has 0 aliphatic rings. The molecule has 1 N–H and O–H groups in total. The largest absolute Gasteiger partial charge is 0.384 e. The number of pyridine rings is 1. The molecule has 148 valence electrons. The van der Waals surface area contributed by atoms with E-state index in [4.69, 9.17) is 0 Å². The Labute approximate surface area is 171 Å². The second-order valence-corrected chi connectivity index (χ2v) is 7.04. The number of hydrogen-bond donors (Lipinski definition) is 1. The van der Waals surface area contributed by atoms with Crippen LogP contribution in [0.25, 0.3) is 16.7 Å². The van der Waals surface area contributed by atoms with Crippen LogP contribution in [-0.4, -0.2) is 10.1 Å². The van der Waals surface area contributed by atoms with Crippen molar-refractivity contribution in [2.45, 2.75) is 13.0 Å². The lowest BCUT2D eigenvalue weighted by Gasteiger charge is -2.16. The predicted octanol–water partition coefficient (Wildman–Crippen LogP) is 6.61. The summed E-state index contributed by atoms with van der Waals surface area (Å²) in [7, 11) is 0. The van der Waals surface area contributed by atoms with Gasteiger partial charge in [-0.2, -0.15) is 0 Å². The average molecular weight is 413 g/mol. The van der Waals surface area contributed by atoms with E-state index in [9.17, 15) is 18.3 Å². The van der Waals surface area contributed by atoms with Gasteiger partial charge in [-0.05, 0) is 42.6 Å². The Kier molecular flexibility index (Phi) is 6.46. The van der Waals surface area contributed by atoms with Crippen LogP contribution in [-0.2, 0) is 0 Å². The van der Waals surface area contributed by atoms with Crippen molar-refractivity contribution in [3.63, 3.8) is 0 Å². The zero-order valence-electron chi connectivity index (χ0n) is 15.6. The minimum atomic E-state index is -1.21. The van der Waals surface area contributed by atoms with Crippen LogP contribution in [0.15, 0.2) is 78.7 Å². The molecule has 0 amide bonds. The summed E-state index contributed by atoms with van der Waals surface area (Å²) in [6.07, 6.45) is 5.90. The molecule has 0 saturated carbocycles. The zero-order valence-corrected chi connectivity index (χ0v) is 16.4. The highest BCUT2D eigenvalue weighted by molar-refractivity contribution is 7.11. The fraction of sp³-hybridized carbons (Fsp3) is 0.0870. The van der Waals surface area contributed by atoms with E-state index >= 15 is 0 Å². The molecular weight excluding hydrogens is 395 g/mol. The van der Waals surface area contributed by atoms with E-state index in [-0.39, 0.29) is 16.7 Å². The molecule has 2 nitrogen and oxygen atoms in total. The van der Waals surface area contributed by atoms with Crippen molar-refractivity contribution >= 4 is 16.9 Å². The van der Waals surface area contributed by atoms with E-state index in [1.165, 1.54) is 18.3 Å². The molecule has 2 aromatic heterocycles. The van der Waals surface area contributed by atoms with E-state index in [1.807, 2.05) is 0 Å². The van der Waals surface area contributed by atoms with E-state index in [0.29, 0.717) is 16.0 Å². The van der Waals surface area contributed by atoms with Crippen LogP contribution in [0.5, 0.6) is 0 Å². The highest BCUT2D eigenvalue weighted by atomic mass is 32.1. The number of hydrogen-bond acceptors (Lipinski definition) is 3. The molecule has 0 bridgehead atoms. The summed E-state index contributed by atoms with van der Waals surface area (Å²) >= 11 is 1.14. The summed E-state index contributed by atoms with van der Waals surface area (Å²) in [5.41, 5.74) is 1.26. The number of halogens is 3. The van der Waals surface area contributed by atoms with Gasteiger partial charge in [-0.25, -0.2) is 13.2 Å². The molecule has 3 rings (SSSR count). The van der Waals surface area contributed by atoms with Crippen LogP contribution in [0.1, 0.15) is 29.0 Å². The van der Waals surface area contributed by atoms with Gasteiger partial charge in [-0.3, -0.25) is 4.98 Å². The van der Waals surface area contributed by atoms with Gasteiger partial charge in [-0.15, -0.1) is 11.3 Å². The maximum atomic E-state index is 14.7. The lowest BCUT2D eigenvalue weighted by Crippen LogP contribution is -2.04. The van der Waals surface area contributed by atoms with Crippen LogP contribution in [0, 0.1) is 11.6 Å². The number of nitrogens with zero attached hydrogens (tertiary/aromatic N) is 1. The summed E-state index contributed by atoms with van der Waals surface area (Å²) in [5.74, 6) is -1.80. The van der Waals surface area contributed by atoms with Crippen molar-refractivity contribution in [1.29, 1.82) is 0 Å². The molecule has 1 atom stereocenters. The summed E-state index contributed by atoms with van der Waals surface area (Å²) in [6, 6.07) is 6.42. The Bertz CT molecular complexity index is 1090. The Balaban J connectivity index is 2.28. The van der Waals surface area contributed by atoms with Crippen molar-refractivity contribution < 1.29 is 18.3 Å². The maximum absolute atomic E-state index is 14.7. The van der Waals surface area contributed by atoms with Crippen molar-refractivity contribution in [3.8, 4) is 11.1 Å². The number of aliphatic hydroxyl groups is 1. The van der Waals surface area contributed by atoms with Crippen molar-refractivity contribution in [2.75, 3.05) is 0 Å². The third-order valence-electron chi connectivity index (χ3n) is 4.38. The first-order chi connectivity index (χ1) is 14.0. The molecule has 0 aliphatic heterocycles. The number of thiophene rings is 1. The standard InChI is InChI=1S/C23H18F3NOS/c1-3-6-19(25)16(4-2)23-21(22(28)14-7-5-10-27-12-14)18(13-29-23)17-11-15(24)8-9-20(17)26/h3-13,22,28H,1H2,2H3/b16-4+,19-6+. The van der Waals surface area contributed by atoms with Gasteiger partial charge in [0.2, 0.25) is 0 Å². The van der Waals surface area contributed by atoms with Crippen LogP contribution >= 0.6 is 11.3 Å². The molecule has 1 unspecified atom stereocenters. The molecule has 0 spiro atoms. The topological polar surface area (TPSA) is 33.1 Å². The average Bonchev–Trinajstić information content (AvgIpc) is 3.15. The zero-order chi connectivity index (χ0) is 21.0. The Morgan fingerprint density at radius 3 is 2.69 bits per heavy atom. The SMILES string of the molecule is C=C/C=C(F)\C(=C/C)c1scc(-c2cc(F)ccc2F)c1C(O)c1cccnc1. The maximum Gasteiger partial charge on any atom is 0.131 e. The highest BCUT2D eigenvalue weighted by Gasteiger charge is 2.26. The first kappa shape index (κ1) is 20.8. The van der Waals surface area contributed by atoms with Gasteiger partial charge < -0.3 is 5.11 Å². The normalized spacial score (nSPS) is 13.4. The first-order valence-electron chi connectivity index (χ1n) is 8.78. The van der Waals surface area contributed by atoms with Gasteiger partial charge >= 0.3 is 0 Å². The lowest BCUT2D eigenvalue weighted by molar-refractivity contribution is 0.220. The second kappa shape index (κ2) is 9.03.